The second-order valence-corrected chi connectivity index (χ2v) is 5.62. The minimum Gasteiger partial charge on any atom is -0.493 e. The van der Waals surface area contributed by atoms with Crippen LogP contribution in [0.25, 0.3) is 11.0 Å². The topological polar surface area (TPSA) is 65.4 Å². The number of carbonyl (C=O) groups is 1. The molecule has 0 saturated carbocycles. The lowest BCUT2D eigenvalue weighted by Gasteiger charge is -2.15. The molecule has 0 aliphatic rings. The molecule has 0 aliphatic heterocycles. The second kappa shape index (κ2) is 7.70. The number of imidazole rings is 1. The number of aromatic nitrogens is 2. The fraction of sp³-hybridized carbons (Fsp3) is 0.263. The summed E-state index contributed by atoms with van der Waals surface area (Å²) in [5.74, 6) is 2.21. The van der Waals surface area contributed by atoms with Crippen LogP contribution in [0.1, 0.15) is 18.8 Å². The maximum Gasteiger partial charge on any atom is 0.207 e. The molecule has 0 fully saturated rings. The van der Waals surface area contributed by atoms with Crippen LogP contribution in [-0.2, 0) is 11.3 Å². The van der Waals surface area contributed by atoms with Gasteiger partial charge >= 0.3 is 0 Å². The Morgan fingerprint density at radius 1 is 1.16 bits per heavy atom. The normalized spacial score (nSPS) is 11.9. The van der Waals surface area contributed by atoms with Crippen LogP contribution in [0, 0.1) is 0 Å². The van der Waals surface area contributed by atoms with Gasteiger partial charge in [-0.3, -0.25) is 4.79 Å². The number of methoxy groups -OCH3 is 1. The van der Waals surface area contributed by atoms with Crippen LogP contribution in [0.15, 0.2) is 48.5 Å². The van der Waals surface area contributed by atoms with Crippen LogP contribution in [-0.4, -0.2) is 29.7 Å². The molecule has 1 amide bonds. The Balaban J connectivity index is 1.82. The van der Waals surface area contributed by atoms with Crippen molar-refractivity contribution in [1.82, 2.24) is 14.9 Å². The van der Waals surface area contributed by atoms with E-state index in [0.29, 0.717) is 31.1 Å². The average molecular weight is 339 g/mol. The number of benzene rings is 2. The van der Waals surface area contributed by atoms with E-state index in [-0.39, 0.29) is 6.04 Å². The Kier molecular flexibility index (Phi) is 5.18. The Hall–Kier alpha value is -3.02. The SMILES string of the molecule is COc1ccccc1OCCn1c([C@H](C)NC=O)nc2ccccc21. The summed E-state index contributed by atoms with van der Waals surface area (Å²) in [7, 11) is 1.62. The van der Waals surface area contributed by atoms with E-state index in [1.54, 1.807) is 7.11 Å². The van der Waals surface area contributed by atoms with Gasteiger partial charge in [-0.2, -0.15) is 0 Å². The fourth-order valence-corrected chi connectivity index (χ4v) is 2.82. The zero-order valence-corrected chi connectivity index (χ0v) is 14.3. The molecule has 130 valence electrons. The second-order valence-electron chi connectivity index (χ2n) is 5.62. The molecule has 1 atom stereocenters. The predicted molar refractivity (Wildman–Crippen MR) is 95.8 cm³/mol. The summed E-state index contributed by atoms with van der Waals surface area (Å²) in [6.07, 6.45) is 0.694. The Bertz CT molecular complexity index is 860. The van der Waals surface area contributed by atoms with Crippen molar-refractivity contribution in [3.05, 3.63) is 54.4 Å². The molecule has 1 heterocycles. The monoisotopic (exact) mass is 339 g/mol. The zero-order valence-electron chi connectivity index (χ0n) is 14.3. The van der Waals surface area contributed by atoms with Crippen molar-refractivity contribution in [1.29, 1.82) is 0 Å². The van der Waals surface area contributed by atoms with Crippen molar-refractivity contribution in [2.24, 2.45) is 0 Å². The molecule has 0 bridgehead atoms. The Morgan fingerprint density at radius 3 is 2.64 bits per heavy atom. The van der Waals surface area contributed by atoms with Gasteiger partial charge < -0.3 is 19.4 Å². The highest BCUT2D eigenvalue weighted by Crippen LogP contribution is 2.26. The van der Waals surface area contributed by atoms with Crippen LogP contribution in [0.2, 0.25) is 0 Å². The first-order valence-electron chi connectivity index (χ1n) is 8.15. The van der Waals surface area contributed by atoms with Gasteiger partial charge in [0.05, 0.1) is 30.7 Å². The summed E-state index contributed by atoms with van der Waals surface area (Å²) in [5.41, 5.74) is 1.91. The first-order valence-corrected chi connectivity index (χ1v) is 8.15. The first kappa shape index (κ1) is 16.8. The van der Waals surface area contributed by atoms with Gasteiger partial charge in [-0.15, -0.1) is 0 Å². The van der Waals surface area contributed by atoms with Gasteiger partial charge in [0.25, 0.3) is 0 Å². The number of para-hydroxylation sites is 4. The fourth-order valence-electron chi connectivity index (χ4n) is 2.82. The number of nitrogens with zero attached hydrogens (tertiary/aromatic N) is 2. The lowest BCUT2D eigenvalue weighted by atomic mass is 10.3. The molecular weight excluding hydrogens is 318 g/mol. The van der Waals surface area contributed by atoms with E-state index < -0.39 is 0 Å². The van der Waals surface area contributed by atoms with Crippen molar-refractivity contribution in [2.45, 2.75) is 19.5 Å². The van der Waals surface area contributed by atoms with Crippen LogP contribution < -0.4 is 14.8 Å². The number of hydrogen-bond acceptors (Lipinski definition) is 4. The van der Waals surface area contributed by atoms with Gasteiger partial charge in [0.15, 0.2) is 11.5 Å². The van der Waals surface area contributed by atoms with E-state index in [2.05, 4.69) is 14.9 Å². The zero-order chi connectivity index (χ0) is 17.6. The maximum atomic E-state index is 10.8. The Morgan fingerprint density at radius 2 is 1.88 bits per heavy atom. The lowest BCUT2D eigenvalue weighted by Crippen LogP contribution is -2.22. The van der Waals surface area contributed by atoms with Gasteiger partial charge in [0.2, 0.25) is 6.41 Å². The molecule has 1 N–H and O–H groups in total. The highest BCUT2D eigenvalue weighted by molar-refractivity contribution is 5.76. The third-order valence-electron chi connectivity index (χ3n) is 4.03. The highest BCUT2D eigenvalue weighted by Gasteiger charge is 2.16. The van der Waals surface area contributed by atoms with Gasteiger partial charge in [-0.05, 0) is 31.2 Å². The van der Waals surface area contributed by atoms with E-state index in [1.807, 2.05) is 55.5 Å². The first-order chi connectivity index (χ1) is 12.2. The van der Waals surface area contributed by atoms with Crippen LogP contribution >= 0.6 is 0 Å². The van der Waals surface area contributed by atoms with Crippen LogP contribution in [0.3, 0.4) is 0 Å². The quantitative estimate of drug-likeness (QED) is 0.641. The summed E-state index contributed by atoms with van der Waals surface area (Å²) in [6, 6.07) is 15.3. The molecule has 0 aliphatic carbocycles. The van der Waals surface area contributed by atoms with E-state index in [0.717, 1.165) is 16.9 Å². The molecule has 3 rings (SSSR count). The highest BCUT2D eigenvalue weighted by atomic mass is 16.5. The van der Waals surface area contributed by atoms with Crippen LogP contribution in [0.4, 0.5) is 0 Å². The number of nitrogens with one attached hydrogen (secondary N) is 1. The predicted octanol–water partition coefficient (Wildman–Crippen LogP) is 2.93. The number of carbonyl (C=O) groups excluding carboxylic acids is 1. The maximum absolute atomic E-state index is 10.8. The van der Waals surface area contributed by atoms with Gasteiger partial charge in [0.1, 0.15) is 12.4 Å². The number of rotatable bonds is 8. The third-order valence-corrected chi connectivity index (χ3v) is 4.03. The van der Waals surface area contributed by atoms with E-state index >= 15 is 0 Å². The van der Waals surface area contributed by atoms with Crippen molar-refractivity contribution in [3.8, 4) is 11.5 Å². The summed E-state index contributed by atoms with van der Waals surface area (Å²) in [4.78, 5) is 15.4. The summed E-state index contributed by atoms with van der Waals surface area (Å²) < 4.78 is 13.3. The molecular formula is C19H21N3O3. The molecule has 0 saturated heterocycles. The minimum absolute atomic E-state index is 0.184. The van der Waals surface area contributed by atoms with Gasteiger partial charge in [0, 0.05) is 0 Å². The molecule has 6 nitrogen and oxygen atoms in total. The number of ether oxygens (including phenoxy) is 2. The lowest BCUT2D eigenvalue weighted by molar-refractivity contribution is -0.110. The largest absolute Gasteiger partial charge is 0.493 e. The summed E-state index contributed by atoms with van der Waals surface area (Å²) in [5, 5.41) is 2.76. The van der Waals surface area contributed by atoms with Crippen molar-refractivity contribution in [3.63, 3.8) is 0 Å². The van der Waals surface area contributed by atoms with Crippen molar-refractivity contribution in [2.75, 3.05) is 13.7 Å². The minimum atomic E-state index is -0.184. The molecule has 3 aromatic rings. The average Bonchev–Trinajstić information content (AvgIpc) is 3.01. The molecule has 0 radical (unpaired) electrons. The standard InChI is InChI=1S/C19H21N3O3/c1-14(20-13-23)19-21-15-7-3-4-8-16(15)22(19)11-12-25-18-10-6-5-9-17(18)24-2/h3-10,13-14H,11-12H2,1-2H3,(H,20,23)/t14-/m0/s1. The summed E-state index contributed by atoms with van der Waals surface area (Å²) >= 11 is 0. The van der Waals surface area contributed by atoms with Crippen LogP contribution in [0.5, 0.6) is 11.5 Å². The molecule has 25 heavy (non-hydrogen) atoms. The molecule has 0 unspecified atom stereocenters. The van der Waals surface area contributed by atoms with E-state index in [1.165, 1.54) is 0 Å². The molecule has 1 aromatic heterocycles. The number of fused-ring (bicyclic) bond motifs is 1. The smallest absolute Gasteiger partial charge is 0.207 e. The van der Waals surface area contributed by atoms with Crippen molar-refractivity contribution >= 4 is 17.4 Å². The molecule has 6 heteroatoms. The van der Waals surface area contributed by atoms with Gasteiger partial charge in [-0.1, -0.05) is 24.3 Å². The third kappa shape index (κ3) is 3.57. The number of amides is 1. The van der Waals surface area contributed by atoms with Gasteiger partial charge in [-0.25, -0.2) is 4.98 Å². The Labute approximate surface area is 146 Å². The number of hydrogen-bond donors (Lipinski definition) is 1. The van der Waals surface area contributed by atoms with E-state index in [9.17, 15) is 4.79 Å². The molecule has 0 spiro atoms. The van der Waals surface area contributed by atoms with Crippen molar-refractivity contribution < 1.29 is 14.3 Å². The molecule has 2 aromatic carbocycles. The summed E-state index contributed by atoms with van der Waals surface area (Å²) in [6.45, 7) is 2.98. The van der Waals surface area contributed by atoms with E-state index in [4.69, 9.17) is 9.47 Å².